The lowest BCUT2D eigenvalue weighted by atomic mass is 10.1. The van der Waals surface area contributed by atoms with Crippen molar-refractivity contribution in [3.63, 3.8) is 0 Å². The third kappa shape index (κ3) is 4.38. The summed E-state index contributed by atoms with van der Waals surface area (Å²) >= 11 is 0. The lowest BCUT2D eigenvalue weighted by molar-refractivity contribution is 0.317. The van der Waals surface area contributed by atoms with Crippen LogP contribution in [0.3, 0.4) is 0 Å². The van der Waals surface area contributed by atoms with Crippen LogP contribution in [0.15, 0.2) is 18.2 Å². The Labute approximate surface area is 120 Å². The molecule has 0 heterocycles. The second-order valence-electron chi connectivity index (χ2n) is 5.37. The Balaban J connectivity index is 2.65. The fraction of sp³-hybridized carbons (Fsp3) is 0.571. The number of sulfone groups is 1. The maximum atomic E-state index is 11.6. The monoisotopic (exact) mass is 301 g/mol. The first kappa shape index (κ1) is 16.8. The summed E-state index contributed by atoms with van der Waals surface area (Å²) in [6.07, 6.45) is 1.24. The van der Waals surface area contributed by atoms with Crippen molar-refractivity contribution in [1.29, 1.82) is 0 Å². The smallest absolute Gasteiger partial charge is 0.161 e. The predicted molar refractivity (Wildman–Crippen MR) is 79.9 cm³/mol. The van der Waals surface area contributed by atoms with Gasteiger partial charge < -0.3 is 15.2 Å². The SMILES string of the molecule is CCOc1cc(CNCC(C)(C)S(C)(=O)=O)ccc1O. The van der Waals surface area contributed by atoms with Gasteiger partial charge in [-0.05, 0) is 38.5 Å². The van der Waals surface area contributed by atoms with Crippen LogP contribution in [0, 0.1) is 0 Å². The van der Waals surface area contributed by atoms with E-state index >= 15 is 0 Å². The molecule has 0 bridgehead atoms. The maximum absolute atomic E-state index is 11.6. The van der Waals surface area contributed by atoms with E-state index < -0.39 is 14.6 Å². The summed E-state index contributed by atoms with van der Waals surface area (Å²) in [5.41, 5.74) is 0.926. The number of benzene rings is 1. The zero-order chi connectivity index (χ0) is 15.4. The summed E-state index contributed by atoms with van der Waals surface area (Å²) in [5.74, 6) is 0.543. The molecular weight excluding hydrogens is 278 g/mol. The van der Waals surface area contributed by atoms with E-state index in [1.54, 1.807) is 32.0 Å². The van der Waals surface area contributed by atoms with Crippen LogP contribution >= 0.6 is 0 Å². The second kappa shape index (κ2) is 6.45. The van der Waals surface area contributed by atoms with E-state index in [4.69, 9.17) is 4.74 Å². The number of hydrogen-bond acceptors (Lipinski definition) is 5. The molecular formula is C14H23NO4S. The number of ether oxygens (including phenoxy) is 1. The lowest BCUT2D eigenvalue weighted by Gasteiger charge is -2.23. The molecule has 0 fully saturated rings. The fourth-order valence-electron chi connectivity index (χ4n) is 1.58. The van der Waals surface area contributed by atoms with Gasteiger partial charge >= 0.3 is 0 Å². The Morgan fingerprint density at radius 3 is 2.55 bits per heavy atom. The van der Waals surface area contributed by atoms with Crippen LogP contribution < -0.4 is 10.1 Å². The summed E-state index contributed by atoms with van der Waals surface area (Å²) in [7, 11) is -3.11. The Hall–Kier alpha value is -1.27. The molecule has 5 nitrogen and oxygen atoms in total. The van der Waals surface area contributed by atoms with Gasteiger partial charge in [-0.1, -0.05) is 6.07 Å². The van der Waals surface area contributed by atoms with Gasteiger partial charge in [0.2, 0.25) is 0 Å². The van der Waals surface area contributed by atoms with Crippen LogP contribution in [0.5, 0.6) is 11.5 Å². The first-order valence-electron chi connectivity index (χ1n) is 6.52. The molecule has 0 amide bonds. The first-order valence-corrected chi connectivity index (χ1v) is 8.41. The zero-order valence-electron chi connectivity index (χ0n) is 12.4. The minimum Gasteiger partial charge on any atom is -0.504 e. The van der Waals surface area contributed by atoms with Crippen LogP contribution in [0.1, 0.15) is 26.3 Å². The van der Waals surface area contributed by atoms with E-state index in [2.05, 4.69) is 5.32 Å². The average molecular weight is 301 g/mol. The molecule has 20 heavy (non-hydrogen) atoms. The standard InChI is InChI=1S/C14H23NO4S/c1-5-19-13-8-11(6-7-12(13)16)9-15-10-14(2,3)20(4,17)18/h6-8,15-16H,5,9-10H2,1-4H3. The molecule has 0 saturated heterocycles. The molecule has 1 rings (SSSR count). The van der Waals surface area contributed by atoms with Gasteiger partial charge in [0.25, 0.3) is 0 Å². The molecule has 2 N–H and O–H groups in total. The van der Waals surface area contributed by atoms with Gasteiger partial charge in [0.15, 0.2) is 21.3 Å². The third-order valence-electron chi connectivity index (χ3n) is 3.21. The molecule has 114 valence electrons. The highest BCUT2D eigenvalue weighted by atomic mass is 32.2. The van der Waals surface area contributed by atoms with Gasteiger partial charge in [-0.2, -0.15) is 0 Å². The molecule has 0 aliphatic heterocycles. The van der Waals surface area contributed by atoms with Gasteiger partial charge in [0.1, 0.15) is 0 Å². The van der Waals surface area contributed by atoms with Crippen LogP contribution in [-0.4, -0.2) is 37.7 Å². The number of aromatic hydroxyl groups is 1. The van der Waals surface area contributed by atoms with Crippen molar-refractivity contribution >= 4 is 9.84 Å². The van der Waals surface area contributed by atoms with E-state index in [0.717, 1.165) is 5.56 Å². The molecule has 1 aromatic carbocycles. The van der Waals surface area contributed by atoms with E-state index in [1.165, 1.54) is 6.26 Å². The highest BCUT2D eigenvalue weighted by Gasteiger charge is 2.29. The molecule has 0 saturated carbocycles. The van der Waals surface area contributed by atoms with Crippen molar-refractivity contribution in [2.45, 2.75) is 32.1 Å². The quantitative estimate of drug-likeness (QED) is 0.802. The van der Waals surface area contributed by atoms with Crippen LogP contribution in [0.2, 0.25) is 0 Å². The second-order valence-corrected chi connectivity index (χ2v) is 8.02. The summed E-state index contributed by atoms with van der Waals surface area (Å²) in [5, 5.41) is 12.7. The number of phenolic OH excluding ortho intramolecular Hbond substituents is 1. The van der Waals surface area contributed by atoms with Crippen molar-refractivity contribution in [2.24, 2.45) is 0 Å². The van der Waals surface area contributed by atoms with Gasteiger partial charge in [-0.3, -0.25) is 0 Å². The molecule has 0 aromatic heterocycles. The molecule has 6 heteroatoms. The molecule has 0 aliphatic rings. The van der Waals surface area contributed by atoms with Crippen molar-refractivity contribution in [3.8, 4) is 11.5 Å². The first-order chi connectivity index (χ1) is 9.17. The third-order valence-corrected chi connectivity index (χ3v) is 5.36. The number of phenols is 1. The lowest BCUT2D eigenvalue weighted by Crippen LogP contribution is -2.41. The molecule has 0 aliphatic carbocycles. The molecule has 0 radical (unpaired) electrons. The fourth-order valence-corrected chi connectivity index (χ4v) is 1.94. The van der Waals surface area contributed by atoms with E-state index in [-0.39, 0.29) is 5.75 Å². The van der Waals surface area contributed by atoms with Crippen LogP contribution in [0.25, 0.3) is 0 Å². The summed E-state index contributed by atoms with van der Waals surface area (Å²) < 4.78 is 27.7. The predicted octanol–water partition coefficient (Wildman–Crippen LogP) is 1.70. The Morgan fingerprint density at radius 1 is 1.35 bits per heavy atom. The van der Waals surface area contributed by atoms with Crippen molar-refractivity contribution in [2.75, 3.05) is 19.4 Å². The molecule has 0 spiro atoms. The van der Waals surface area contributed by atoms with Gasteiger partial charge in [-0.15, -0.1) is 0 Å². The van der Waals surface area contributed by atoms with E-state index in [0.29, 0.717) is 25.4 Å². The van der Waals surface area contributed by atoms with E-state index in [9.17, 15) is 13.5 Å². The number of hydrogen-bond donors (Lipinski definition) is 2. The van der Waals surface area contributed by atoms with Gasteiger partial charge in [0.05, 0.1) is 11.4 Å². The summed E-state index contributed by atoms with van der Waals surface area (Å²) in [6.45, 7) is 6.58. The van der Waals surface area contributed by atoms with Crippen molar-refractivity contribution in [1.82, 2.24) is 5.32 Å². The highest BCUT2D eigenvalue weighted by Crippen LogP contribution is 2.26. The Bertz CT molecular complexity index is 552. The minimum atomic E-state index is -3.11. The normalized spacial score (nSPS) is 12.4. The zero-order valence-corrected chi connectivity index (χ0v) is 13.3. The van der Waals surface area contributed by atoms with Crippen LogP contribution in [-0.2, 0) is 16.4 Å². The highest BCUT2D eigenvalue weighted by molar-refractivity contribution is 7.92. The number of nitrogens with one attached hydrogen (secondary N) is 1. The van der Waals surface area contributed by atoms with Crippen LogP contribution in [0.4, 0.5) is 0 Å². The van der Waals surface area contributed by atoms with Gasteiger partial charge in [0, 0.05) is 19.3 Å². The summed E-state index contributed by atoms with van der Waals surface area (Å²) in [4.78, 5) is 0. The van der Waals surface area contributed by atoms with E-state index in [1.807, 2.05) is 6.92 Å². The van der Waals surface area contributed by atoms with Crippen molar-refractivity contribution in [3.05, 3.63) is 23.8 Å². The summed E-state index contributed by atoms with van der Waals surface area (Å²) in [6, 6.07) is 5.10. The minimum absolute atomic E-state index is 0.104. The molecule has 1 aromatic rings. The largest absolute Gasteiger partial charge is 0.504 e. The Morgan fingerprint density at radius 2 is 2.00 bits per heavy atom. The maximum Gasteiger partial charge on any atom is 0.161 e. The molecule has 0 unspecified atom stereocenters. The average Bonchev–Trinajstić information content (AvgIpc) is 2.32. The molecule has 0 atom stereocenters. The Kier molecular flexibility index (Phi) is 5.42. The number of rotatable bonds is 7. The van der Waals surface area contributed by atoms with Crippen molar-refractivity contribution < 1.29 is 18.3 Å². The van der Waals surface area contributed by atoms with Gasteiger partial charge in [-0.25, -0.2) is 8.42 Å². The topological polar surface area (TPSA) is 75.6 Å².